The van der Waals surface area contributed by atoms with Crippen molar-refractivity contribution in [2.24, 2.45) is 7.05 Å². The Morgan fingerprint density at radius 1 is 1.55 bits per heavy atom. The molecule has 1 aromatic heterocycles. The van der Waals surface area contributed by atoms with Crippen molar-refractivity contribution >= 4 is 0 Å². The second-order valence-corrected chi connectivity index (χ2v) is 2.05. The van der Waals surface area contributed by atoms with E-state index in [4.69, 9.17) is 0 Å². The molecule has 0 radical (unpaired) electrons. The van der Waals surface area contributed by atoms with E-state index in [2.05, 4.69) is 29.2 Å². The molecule has 0 aliphatic heterocycles. The first-order chi connectivity index (χ1) is 5.31. The Labute approximate surface area is 67.8 Å². The van der Waals surface area contributed by atoms with Crippen LogP contribution in [-0.2, 0) is 7.05 Å². The van der Waals surface area contributed by atoms with Gasteiger partial charge < -0.3 is 0 Å². The zero-order chi connectivity index (χ0) is 8.53. The van der Waals surface area contributed by atoms with Crippen LogP contribution < -0.4 is 0 Å². The standard InChI is InChI=1S/C5H10.C3H5N3/c1-3-5-4-2;1-6-3-4-2-5-6/h3,5H,4H2,1-2H3;2-3H,1H3/b5-3-;. The number of allylic oxidation sites excluding steroid dienone is 2. The van der Waals surface area contributed by atoms with Gasteiger partial charge in [-0.15, -0.1) is 0 Å². The summed E-state index contributed by atoms with van der Waals surface area (Å²) in [4.78, 5) is 3.67. The van der Waals surface area contributed by atoms with E-state index in [1.165, 1.54) is 6.33 Å². The van der Waals surface area contributed by atoms with Gasteiger partial charge in [0.15, 0.2) is 0 Å². The van der Waals surface area contributed by atoms with Crippen molar-refractivity contribution in [2.75, 3.05) is 0 Å². The normalized spacial score (nSPS) is 9.36. The summed E-state index contributed by atoms with van der Waals surface area (Å²) in [6, 6.07) is 0. The minimum Gasteiger partial charge on any atom is -0.256 e. The van der Waals surface area contributed by atoms with Crippen molar-refractivity contribution in [3.63, 3.8) is 0 Å². The van der Waals surface area contributed by atoms with Crippen LogP contribution in [0.4, 0.5) is 0 Å². The molecule has 0 unspecified atom stereocenters. The Kier molecular flexibility index (Phi) is 6.28. The van der Waals surface area contributed by atoms with Crippen molar-refractivity contribution in [3.05, 3.63) is 24.8 Å². The van der Waals surface area contributed by atoms with Crippen LogP contribution in [0.5, 0.6) is 0 Å². The van der Waals surface area contributed by atoms with E-state index < -0.39 is 0 Å². The molecule has 0 aromatic carbocycles. The Hall–Kier alpha value is -1.12. The first kappa shape index (κ1) is 9.88. The molecule has 1 aromatic rings. The Morgan fingerprint density at radius 2 is 2.27 bits per heavy atom. The van der Waals surface area contributed by atoms with Gasteiger partial charge in [0, 0.05) is 7.05 Å². The summed E-state index contributed by atoms with van der Waals surface area (Å²) >= 11 is 0. The summed E-state index contributed by atoms with van der Waals surface area (Å²) in [6.45, 7) is 4.16. The molecule has 0 fully saturated rings. The van der Waals surface area contributed by atoms with Gasteiger partial charge in [-0.1, -0.05) is 19.1 Å². The van der Waals surface area contributed by atoms with Gasteiger partial charge in [0.2, 0.25) is 0 Å². The van der Waals surface area contributed by atoms with E-state index in [1.54, 1.807) is 11.0 Å². The summed E-state index contributed by atoms with van der Waals surface area (Å²) in [5, 5.41) is 3.72. The minimum atomic E-state index is 1.16. The molecule has 1 heterocycles. The van der Waals surface area contributed by atoms with Crippen molar-refractivity contribution in [1.29, 1.82) is 0 Å². The maximum atomic E-state index is 3.72. The van der Waals surface area contributed by atoms with Crippen molar-refractivity contribution < 1.29 is 0 Å². The topological polar surface area (TPSA) is 30.7 Å². The highest BCUT2D eigenvalue weighted by molar-refractivity contribution is 4.73. The molecule has 0 atom stereocenters. The smallest absolute Gasteiger partial charge is 0.137 e. The molecule has 3 heteroatoms. The van der Waals surface area contributed by atoms with Crippen LogP contribution in [0.15, 0.2) is 24.8 Å². The molecule has 0 aliphatic carbocycles. The number of rotatable bonds is 1. The van der Waals surface area contributed by atoms with Crippen LogP contribution >= 0.6 is 0 Å². The van der Waals surface area contributed by atoms with E-state index in [-0.39, 0.29) is 0 Å². The molecule has 1 rings (SSSR count). The Bertz CT molecular complexity index is 177. The van der Waals surface area contributed by atoms with Gasteiger partial charge in [0.25, 0.3) is 0 Å². The van der Waals surface area contributed by atoms with E-state index in [1.807, 2.05) is 14.0 Å². The molecule has 0 bridgehead atoms. The Morgan fingerprint density at radius 3 is 2.36 bits per heavy atom. The van der Waals surface area contributed by atoms with Crippen LogP contribution in [0.3, 0.4) is 0 Å². The third kappa shape index (κ3) is 6.77. The zero-order valence-electron chi connectivity index (χ0n) is 7.36. The summed E-state index contributed by atoms with van der Waals surface area (Å²) in [5.74, 6) is 0. The molecular formula is C8H15N3. The van der Waals surface area contributed by atoms with Crippen LogP contribution in [0.25, 0.3) is 0 Å². The van der Waals surface area contributed by atoms with Crippen LogP contribution in [0.2, 0.25) is 0 Å². The fraction of sp³-hybridized carbons (Fsp3) is 0.500. The van der Waals surface area contributed by atoms with Crippen LogP contribution in [0, 0.1) is 0 Å². The molecule has 0 spiro atoms. The molecule has 3 nitrogen and oxygen atoms in total. The maximum Gasteiger partial charge on any atom is 0.137 e. The van der Waals surface area contributed by atoms with Gasteiger partial charge in [-0.2, -0.15) is 5.10 Å². The van der Waals surface area contributed by atoms with E-state index >= 15 is 0 Å². The van der Waals surface area contributed by atoms with Crippen LogP contribution in [-0.4, -0.2) is 14.8 Å². The molecule has 0 N–H and O–H groups in total. The van der Waals surface area contributed by atoms with Gasteiger partial charge in [-0.3, -0.25) is 4.68 Å². The fourth-order valence-corrected chi connectivity index (χ4v) is 0.503. The van der Waals surface area contributed by atoms with Crippen molar-refractivity contribution in [3.8, 4) is 0 Å². The monoisotopic (exact) mass is 153 g/mol. The van der Waals surface area contributed by atoms with Crippen molar-refractivity contribution in [2.45, 2.75) is 20.3 Å². The lowest BCUT2D eigenvalue weighted by Crippen LogP contribution is -1.83. The molecule has 62 valence electrons. The van der Waals surface area contributed by atoms with Crippen molar-refractivity contribution in [1.82, 2.24) is 14.8 Å². The lowest BCUT2D eigenvalue weighted by Gasteiger charge is -1.74. The summed E-state index contributed by atoms with van der Waals surface area (Å²) < 4.78 is 1.64. The molecule has 0 amide bonds. The number of aryl methyl sites for hydroxylation is 1. The van der Waals surface area contributed by atoms with Crippen LogP contribution in [0.1, 0.15) is 20.3 Å². The predicted molar refractivity (Wildman–Crippen MR) is 46.1 cm³/mol. The predicted octanol–water partition coefficient (Wildman–Crippen LogP) is 1.79. The highest BCUT2D eigenvalue weighted by atomic mass is 15.3. The van der Waals surface area contributed by atoms with E-state index in [0.717, 1.165) is 6.42 Å². The average Bonchev–Trinajstić information content (AvgIpc) is 2.43. The highest BCUT2D eigenvalue weighted by Crippen LogP contribution is 1.73. The maximum absolute atomic E-state index is 3.72. The lowest BCUT2D eigenvalue weighted by atomic mass is 10.4. The molecule has 0 saturated heterocycles. The summed E-state index contributed by atoms with van der Waals surface area (Å²) in [6.07, 6.45) is 8.48. The third-order valence-corrected chi connectivity index (χ3v) is 1.01. The van der Waals surface area contributed by atoms with Gasteiger partial charge in [0.1, 0.15) is 12.7 Å². The molecule has 0 saturated carbocycles. The molecule has 11 heavy (non-hydrogen) atoms. The van der Waals surface area contributed by atoms with Gasteiger partial charge in [0.05, 0.1) is 0 Å². The quantitative estimate of drug-likeness (QED) is 0.576. The molecule has 0 aliphatic rings. The second kappa shape index (κ2) is 6.99. The Balaban J connectivity index is 0.000000187. The number of hydrogen-bond donors (Lipinski definition) is 0. The lowest BCUT2D eigenvalue weighted by molar-refractivity contribution is 0.765. The van der Waals surface area contributed by atoms with E-state index in [9.17, 15) is 0 Å². The zero-order valence-corrected chi connectivity index (χ0v) is 7.36. The largest absolute Gasteiger partial charge is 0.256 e. The first-order valence-corrected chi connectivity index (χ1v) is 3.71. The number of aromatic nitrogens is 3. The first-order valence-electron chi connectivity index (χ1n) is 3.71. The summed E-state index contributed by atoms with van der Waals surface area (Å²) in [7, 11) is 1.83. The van der Waals surface area contributed by atoms with Gasteiger partial charge >= 0.3 is 0 Å². The molecular weight excluding hydrogens is 138 g/mol. The average molecular weight is 153 g/mol. The van der Waals surface area contributed by atoms with Gasteiger partial charge in [-0.25, -0.2) is 4.98 Å². The highest BCUT2D eigenvalue weighted by Gasteiger charge is 1.70. The van der Waals surface area contributed by atoms with Gasteiger partial charge in [-0.05, 0) is 13.3 Å². The second-order valence-electron chi connectivity index (χ2n) is 2.05. The van der Waals surface area contributed by atoms with E-state index in [0.29, 0.717) is 0 Å². The number of hydrogen-bond acceptors (Lipinski definition) is 2. The fourth-order valence-electron chi connectivity index (χ4n) is 0.503. The third-order valence-electron chi connectivity index (χ3n) is 1.01. The minimum absolute atomic E-state index is 1.16. The summed E-state index contributed by atoms with van der Waals surface area (Å²) in [5.41, 5.74) is 0. The SMILES string of the molecule is C/C=C\CC.Cn1cncn1. The number of nitrogens with zero attached hydrogens (tertiary/aromatic N) is 3.